The number of aryl methyl sites for hydroxylation is 1. The van der Waals surface area contributed by atoms with E-state index >= 15 is 0 Å². The summed E-state index contributed by atoms with van der Waals surface area (Å²) in [4.78, 5) is 14.3. The Morgan fingerprint density at radius 2 is 2.24 bits per heavy atom. The molecule has 0 aromatic heterocycles. The molecule has 1 aromatic rings. The van der Waals surface area contributed by atoms with Crippen LogP contribution in [0.3, 0.4) is 0 Å². The highest BCUT2D eigenvalue weighted by molar-refractivity contribution is 5.96. The number of nitrogens with zero attached hydrogens (tertiary/aromatic N) is 1. The topological polar surface area (TPSA) is 46.3 Å². The van der Waals surface area contributed by atoms with Crippen molar-refractivity contribution in [2.75, 3.05) is 18.0 Å². The molecule has 0 aliphatic carbocycles. The minimum Gasteiger partial charge on any atom is -0.330 e. The summed E-state index contributed by atoms with van der Waals surface area (Å²) in [7, 11) is 0. The van der Waals surface area contributed by atoms with E-state index in [1.165, 1.54) is 5.56 Å². The second-order valence-corrected chi connectivity index (χ2v) is 4.56. The molecule has 1 aromatic carbocycles. The minimum atomic E-state index is -0.0406. The second-order valence-electron chi connectivity index (χ2n) is 4.56. The summed E-state index contributed by atoms with van der Waals surface area (Å²) in [5.41, 5.74) is 8.02. The maximum Gasteiger partial charge on any atom is 0.231 e. The van der Waals surface area contributed by atoms with Gasteiger partial charge in [0.2, 0.25) is 5.91 Å². The average Bonchev–Trinajstić information content (AvgIpc) is 2.39. The van der Waals surface area contributed by atoms with Gasteiger partial charge < -0.3 is 10.6 Å². The Morgan fingerprint density at radius 3 is 2.94 bits per heavy atom. The minimum absolute atomic E-state index is 0.0406. The van der Waals surface area contributed by atoms with Crippen LogP contribution >= 0.6 is 0 Å². The predicted molar refractivity (Wildman–Crippen MR) is 70.0 cm³/mol. The number of benzene rings is 1. The van der Waals surface area contributed by atoms with Gasteiger partial charge in [0.15, 0.2) is 0 Å². The zero-order valence-corrected chi connectivity index (χ0v) is 10.4. The van der Waals surface area contributed by atoms with Crippen molar-refractivity contribution in [3.63, 3.8) is 0 Å². The quantitative estimate of drug-likeness (QED) is 0.865. The summed E-state index contributed by atoms with van der Waals surface area (Å²) < 4.78 is 0. The molecule has 3 heteroatoms. The van der Waals surface area contributed by atoms with Gasteiger partial charge >= 0.3 is 0 Å². The Labute approximate surface area is 103 Å². The third kappa shape index (κ3) is 2.34. The van der Waals surface area contributed by atoms with Crippen molar-refractivity contribution in [1.82, 2.24) is 0 Å². The van der Waals surface area contributed by atoms with Crippen molar-refractivity contribution >= 4 is 11.6 Å². The number of carbonyl (C=O) groups is 1. The Kier molecular flexibility index (Phi) is 3.79. The zero-order valence-electron chi connectivity index (χ0n) is 10.4. The van der Waals surface area contributed by atoms with E-state index in [0.717, 1.165) is 31.5 Å². The molecule has 0 saturated heterocycles. The lowest BCUT2D eigenvalue weighted by Crippen LogP contribution is -2.41. The summed E-state index contributed by atoms with van der Waals surface area (Å²) in [6.07, 6.45) is 2.93. The van der Waals surface area contributed by atoms with Crippen LogP contribution in [-0.4, -0.2) is 19.0 Å². The van der Waals surface area contributed by atoms with E-state index < -0.39 is 0 Å². The molecule has 2 rings (SSSR count). The number of hydrogen-bond donors (Lipinski definition) is 1. The van der Waals surface area contributed by atoms with Gasteiger partial charge in [-0.2, -0.15) is 0 Å². The second kappa shape index (κ2) is 5.32. The molecule has 0 bridgehead atoms. The number of anilines is 1. The first-order valence-electron chi connectivity index (χ1n) is 6.37. The molecule has 1 aliphatic rings. The number of carbonyl (C=O) groups excluding carboxylic acids is 1. The number of hydrogen-bond acceptors (Lipinski definition) is 2. The van der Waals surface area contributed by atoms with Crippen LogP contribution in [0.4, 0.5) is 5.69 Å². The first-order valence-corrected chi connectivity index (χ1v) is 6.37. The third-order valence-electron chi connectivity index (χ3n) is 3.50. The van der Waals surface area contributed by atoms with Crippen molar-refractivity contribution in [3.05, 3.63) is 29.8 Å². The van der Waals surface area contributed by atoms with Crippen molar-refractivity contribution in [3.8, 4) is 0 Å². The van der Waals surface area contributed by atoms with Crippen LogP contribution < -0.4 is 10.6 Å². The van der Waals surface area contributed by atoms with Crippen LogP contribution in [0.5, 0.6) is 0 Å². The summed E-state index contributed by atoms with van der Waals surface area (Å²) in [6.45, 7) is 3.28. The van der Waals surface area contributed by atoms with Gasteiger partial charge in [-0.15, -0.1) is 0 Å². The Bertz CT molecular complexity index is 399. The number of nitrogens with two attached hydrogens (primary N) is 1. The van der Waals surface area contributed by atoms with Crippen LogP contribution in [0.15, 0.2) is 24.3 Å². The third-order valence-corrected chi connectivity index (χ3v) is 3.50. The predicted octanol–water partition coefficient (Wildman–Crippen LogP) is 1.95. The number of rotatable bonds is 3. The molecular weight excluding hydrogens is 212 g/mol. The highest BCUT2D eigenvalue weighted by Crippen LogP contribution is 2.28. The molecule has 1 unspecified atom stereocenters. The molecule has 0 saturated carbocycles. The summed E-state index contributed by atoms with van der Waals surface area (Å²) in [6, 6.07) is 8.18. The standard InChI is InChI=1S/C14H20N2O/c1-2-11(10-15)14(17)16-9-5-7-12-6-3-4-8-13(12)16/h3-4,6,8,11H,2,5,7,9-10,15H2,1H3. The first-order chi connectivity index (χ1) is 8.27. The van der Waals surface area contributed by atoms with Gasteiger partial charge in [-0.25, -0.2) is 0 Å². The van der Waals surface area contributed by atoms with Gasteiger partial charge in [0, 0.05) is 18.8 Å². The largest absolute Gasteiger partial charge is 0.330 e. The summed E-state index contributed by atoms with van der Waals surface area (Å²) in [5, 5.41) is 0. The van der Waals surface area contributed by atoms with Gasteiger partial charge in [0.25, 0.3) is 0 Å². The summed E-state index contributed by atoms with van der Waals surface area (Å²) >= 11 is 0. The Hall–Kier alpha value is -1.35. The summed E-state index contributed by atoms with van der Waals surface area (Å²) in [5.74, 6) is 0.142. The van der Waals surface area contributed by atoms with Gasteiger partial charge in [-0.1, -0.05) is 25.1 Å². The molecule has 1 atom stereocenters. The number of amides is 1. The van der Waals surface area contributed by atoms with E-state index in [1.54, 1.807) is 0 Å². The number of para-hydroxylation sites is 1. The van der Waals surface area contributed by atoms with E-state index in [1.807, 2.05) is 30.0 Å². The van der Waals surface area contributed by atoms with Crippen molar-refractivity contribution < 1.29 is 4.79 Å². The lowest BCUT2D eigenvalue weighted by molar-refractivity contribution is -0.122. The van der Waals surface area contributed by atoms with E-state index in [0.29, 0.717) is 6.54 Å². The first kappa shape index (κ1) is 12.1. The SMILES string of the molecule is CCC(CN)C(=O)N1CCCc2ccccc21. The monoisotopic (exact) mass is 232 g/mol. The maximum absolute atomic E-state index is 12.4. The van der Waals surface area contributed by atoms with Crippen LogP contribution in [0, 0.1) is 5.92 Å². The molecule has 0 fully saturated rings. The van der Waals surface area contributed by atoms with Crippen molar-refractivity contribution in [1.29, 1.82) is 0 Å². The smallest absolute Gasteiger partial charge is 0.231 e. The highest BCUT2D eigenvalue weighted by Gasteiger charge is 2.26. The van der Waals surface area contributed by atoms with E-state index in [2.05, 4.69) is 6.07 Å². The fourth-order valence-electron chi connectivity index (χ4n) is 2.43. The fraction of sp³-hybridized carbons (Fsp3) is 0.500. The molecule has 0 radical (unpaired) electrons. The molecule has 2 N–H and O–H groups in total. The lowest BCUT2D eigenvalue weighted by Gasteiger charge is -2.31. The van der Waals surface area contributed by atoms with Crippen LogP contribution in [0.25, 0.3) is 0 Å². The van der Waals surface area contributed by atoms with E-state index in [9.17, 15) is 4.79 Å². The van der Waals surface area contributed by atoms with Crippen LogP contribution in [0.2, 0.25) is 0 Å². The van der Waals surface area contributed by atoms with Crippen LogP contribution in [0.1, 0.15) is 25.3 Å². The molecule has 0 spiro atoms. The van der Waals surface area contributed by atoms with E-state index in [4.69, 9.17) is 5.73 Å². The highest BCUT2D eigenvalue weighted by atomic mass is 16.2. The fourth-order valence-corrected chi connectivity index (χ4v) is 2.43. The molecule has 1 aliphatic heterocycles. The molecule has 92 valence electrons. The average molecular weight is 232 g/mol. The van der Waals surface area contributed by atoms with Gasteiger partial charge in [0.05, 0.1) is 5.92 Å². The maximum atomic E-state index is 12.4. The van der Waals surface area contributed by atoms with Crippen molar-refractivity contribution in [2.24, 2.45) is 11.7 Å². The van der Waals surface area contributed by atoms with Gasteiger partial charge in [-0.3, -0.25) is 4.79 Å². The molecule has 1 amide bonds. The van der Waals surface area contributed by atoms with E-state index in [-0.39, 0.29) is 11.8 Å². The molecule has 3 nitrogen and oxygen atoms in total. The van der Waals surface area contributed by atoms with Gasteiger partial charge in [-0.05, 0) is 30.9 Å². The Balaban J connectivity index is 2.26. The molecule has 1 heterocycles. The Morgan fingerprint density at radius 1 is 1.47 bits per heavy atom. The lowest BCUT2D eigenvalue weighted by atomic mass is 9.98. The normalized spacial score (nSPS) is 16.5. The molecule has 17 heavy (non-hydrogen) atoms. The van der Waals surface area contributed by atoms with Gasteiger partial charge in [0.1, 0.15) is 0 Å². The number of fused-ring (bicyclic) bond motifs is 1. The van der Waals surface area contributed by atoms with Crippen LogP contribution in [-0.2, 0) is 11.2 Å². The molecular formula is C14H20N2O. The van der Waals surface area contributed by atoms with Crippen molar-refractivity contribution in [2.45, 2.75) is 26.2 Å². The zero-order chi connectivity index (χ0) is 12.3.